The van der Waals surface area contributed by atoms with Gasteiger partial charge < -0.3 is 14.8 Å². The predicted molar refractivity (Wildman–Crippen MR) is 98.4 cm³/mol. The number of hydrogen-bond donors (Lipinski definition) is 1. The van der Waals surface area contributed by atoms with Crippen LogP contribution in [0, 0.1) is 11.6 Å². The van der Waals surface area contributed by atoms with E-state index in [0.717, 1.165) is 6.07 Å². The Kier molecular flexibility index (Phi) is 5.66. The first kappa shape index (κ1) is 18.4. The summed E-state index contributed by atoms with van der Waals surface area (Å²) >= 11 is 0. The molecule has 4 nitrogen and oxygen atoms in total. The number of amides is 1. The molecule has 1 N–H and O–H groups in total. The maximum atomic E-state index is 13.8. The topological polar surface area (TPSA) is 47.6 Å². The normalized spacial score (nSPS) is 10.3. The Hall–Kier alpha value is -3.41. The second kappa shape index (κ2) is 8.31. The minimum atomic E-state index is -1.19. The summed E-state index contributed by atoms with van der Waals surface area (Å²) in [6, 6.07) is 17.1. The first-order valence-electron chi connectivity index (χ1n) is 8.33. The molecule has 3 rings (SSSR count). The summed E-state index contributed by atoms with van der Waals surface area (Å²) in [7, 11) is 0. The number of hydrogen-bond acceptors (Lipinski definition) is 3. The SMILES string of the molecule is CCOc1ccc(Oc2ccccc2NC(=O)c2cccc(F)c2F)cc1. The zero-order valence-electron chi connectivity index (χ0n) is 14.5. The van der Waals surface area contributed by atoms with Crippen molar-refractivity contribution in [3.05, 3.63) is 83.9 Å². The van der Waals surface area contributed by atoms with Crippen molar-refractivity contribution in [3.8, 4) is 17.2 Å². The molecule has 0 aliphatic heterocycles. The van der Waals surface area contributed by atoms with E-state index < -0.39 is 17.5 Å². The van der Waals surface area contributed by atoms with E-state index in [1.807, 2.05) is 6.92 Å². The standard InChI is InChI=1S/C21H17F2NO3/c1-2-26-14-10-12-15(13-11-14)27-19-9-4-3-8-18(19)24-21(25)16-6-5-7-17(22)20(16)23/h3-13H,2H2,1H3,(H,24,25). The second-order valence-corrected chi connectivity index (χ2v) is 5.56. The van der Waals surface area contributed by atoms with Crippen LogP contribution in [0.1, 0.15) is 17.3 Å². The van der Waals surface area contributed by atoms with Crippen LogP contribution in [-0.2, 0) is 0 Å². The Labute approximate surface area is 155 Å². The zero-order valence-corrected chi connectivity index (χ0v) is 14.5. The number of anilines is 1. The molecule has 0 saturated carbocycles. The van der Waals surface area contributed by atoms with Gasteiger partial charge in [0.2, 0.25) is 0 Å². The van der Waals surface area contributed by atoms with Gasteiger partial charge in [0.15, 0.2) is 17.4 Å². The highest BCUT2D eigenvalue weighted by Crippen LogP contribution is 2.30. The Morgan fingerprint density at radius 1 is 0.926 bits per heavy atom. The van der Waals surface area contributed by atoms with Gasteiger partial charge in [-0.1, -0.05) is 18.2 Å². The highest BCUT2D eigenvalue weighted by Gasteiger charge is 2.16. The molecule has 0 spiro atoms. The summed E-state index contributed by atoms with van der Waals surface area (Å²) in [4.78, 5) is 12.3. The number of benzene rings is 3. The smallest absolute Gasteiger partial charge is 0.258 e. The summed E-state index contributed by atoms with van der Waals surface area (Å²) in [6.45, 7) is 2.45. The summed E-state index contributed by atoms with van der Waals surface area (Å²) in [5, 5.41) is 2.55. The zero-order chi connectivity index (χ0) is 19.2. The molecule has 3 aromatic rings. The third kappa shape index (κ3) is 4.41. The Balaban J connectivity index is 1.79. The fraction of sp³-hybridized carbons (Fsp3) is 0.0952. The largest absolute Gasteiger partial charge is 0.494 e. The van der Waals surface area contributed by atoms with Crippen molar-refractivity contribution < 1.29 is 23.0 Å². The van der Waals surface area contributed by atoms with Gasteiger partial charge in [-0.15, -0.1) is 0 Å². The molecule has 0 radical (unpaired) electrons. The molecule has 27 heavy (non-hydrogen) atoms. The molecule has 3 aromatic carbocycles. The van der Waals surface area contributed by atoms with E-state index in [9.17, 15) is 13.6 Å². The van der Waals surface area contributed by atoms with E-state index in [4.69, 9.17) is 9.47 Å². The number of halogens is 2. The number of carbonyl (C=O) groups is 1. The van der Waals surface area contributed by atoms with Crippen LogP contribution in [0.4, 0.5) is 14.5 Å². The maximum Gasteiger partial charge on any atom is 0.258 e. The van der Waals surface area contributed by atoms with Crippen molar-refractivity contribution in [2.24, 2.45) is 0 Å². The van der Waals surface area contributed by atoms with E-state index in [1.54, 1.807) is 48.5 Å². The van der Waals surface area contributed by atoms with Crippen molar-refractivity contribution in [3.63, 3.8) is 0 Å². The summed E-state index contributed by atoms with van der Waals surface area (Å²) in [5.41, 5.74) is -0.0501. The number of para-hydroxylation sites is 2. The van der Waals surface area contributed by atoms with E-state index in [0.29, 0.717) is 29.5 Å². The first-order chi connectivity index (χ1) is 13.1. The number of rotatable bonds is 6. The number of carbonyl (C=O) groups excluding carboxylic acids is 1. The molecule has 0 bridgehead atoms. The average molecular weight is 369 g/mol. The summed E-state index contributed by atoms with van der Waals surface area (Å²) < 4.78 is 38.3. The van der Waals surface area contributed by atoms with Crippen LogP contribution in [0.3, 0.4) is 0 Å². The lowest BCUT2D eigenvalue weighted by Gasteiger charge is -2.13. The van der Waals surface area contributed by atoms with Crippen LogP contribution in [0.25, 0.3) is 0 Å². The molecular weight excluding hydrogens is 352 g/mol. The Bertz CT molecular complexity index is 942. The molecule has 6 heteroatoms. The molecule has 0 aliphatic carbocycles. The molecule has 0 atom stereocenters. The van der Waals surface area contributed by atoms with E-state index in [2.05, 4.69) is 5.32 Å². The number of nitrogens with one attached hydrogen (secondary N) is 1. The lowest BCUT2D eigenvalue weighted by molar-refractivity contribution is 0.102. The van der Waals surface area contributed by atoms with Crippen molar-refractivity contribution in [2.45, 2.75) is 6.92 Å². The minimum Gasteiger partial charge on any atom is -0.494 e. The molecule has 138 valence electrons. The molecule has 0 fully saturated rings. The molecule has 0 heterocycles. The highest BCUT2D eigenvalue weighted by atomic mass is 19.2. The van der Waals surface area contributed by atoms with Gasteiger partial charge in [-0.25, -0.2) is 8.78 Å². The van der Waals surface area contributed by atoms with Crippen LogP contribution >= 0.6 is 0 Å². The Morgan fingerprint density at radius 2 is 1.63 bits per heavy atom. The molecule has 0 unspecified atom stereocenters. The predicted octanol–water partition coefficient (Wildman–Crippen LogP) is 5.41. The molecule has 0 aromatic heterocycles. The lowest BCUT2D eigenvalue weighted by atomic mass is 10.2. The van der Waals surface area contributed by atoms with Gasteiger partial charge in [0, 0.05) is 0 Å². The van der Waals surface area contributed by atoms with Gasteiger partial charge in [0.25, 0.3) is 5.91 Å². The van der Waals surface area contributed by atoms with Crippen molar-refractivity contribution in [1.29, 1.82) is 0 Å². The Morgan fingerprint density at radius 3 is 2.37 bits per heavy atom. The fourth-order valence-electron chi connectivity index (χ4n) is 2.43. The first-order valence-corrected chi connectivity index (χ1v) is 8.33. The van der Waals surface area contributed by atoms with Gasteiger partial charge in [-0.3, -0.25) is 4.79 Å². The van der Waals surface area contributed by atoms with Crippen LogP contribution in [0.2, 0.25) is 0 Å². The van der Waals surface area contributed by atoms with Crippen LogP contribution < -0.4 is 14.8 Å². The maximum absolute atomic E-state index is 13.8. The van der Waals surface area contributed by atoms with Crippen LogP contribution in [0.5, 0.6) is 17.2 Å². The highest BCUT2D eigenvalue weighted by molar-refractivity contribution is 6.05. The van der Waals surface area contributed by atoms with Crippen molar-refractivity contribution in [1.82, 2.24) is 0 Å². The van der Waals surface area contributed by atoms with E-state index in [-0.39, 0.29) is 5.56 Å². The minimum absolute atomic E-state index is 0.333. The van der Waals surface area contributed by atoms with Gasteiger partial charge in [-0.2, -0.15) is 0 Å². The molecular formula is C21H17F2NO3. The van der Waals surface area contributed by atoms with Crippen LogP contribution in [-0.4, -0.2) is 12.5 Å². The molecule has 1 amide bonds. The van der Waals surface area contributed by atoms with Crippen LogP contribution in [0.15, 0.2) is 66.7 Å². The fourth-order valence-corrected chi connectivity index (χ4v) is 2.43. The van der Waals surface area contributed by atoms with E-state index in [1.165, 1.54) is 12.1 Å². The third-order valence-electron chi connectivity index (χ3n) is 3.69. The van der Waals surface area contributed by atoms with Crippen molar-refractivity contribution >= 4 is 11.6 Å². The molecule has 0 saturated heterocycles. The van der Waals surface area contributed by atoms with Crippen molar-refractivity contribution in [2.75, 3.05) is 11.9 Å². The summed E-state index contributed by atoms with van der Waals surface area (Å²) in [5.74, 6) is -1.42. The summed E-state index contributed by atoms with van der Waals surface area (Å²) in [6.07, 6.45) is 0. The van der Waals surface area contributed by atoms with Gasteiger partial charge in [0.1, 0.15) is 11.5 Å². The van der Waals surface area contributed by atoms with Gasteiger partial charge >= 0.3 is 0 Å². The third-order valence-corrected chi connectivity index (χ3v) is 3.69. The monoisotopic (exact) mass is 369 g/mol. The quantitative estimate of drug-likeness (QED) is 0.632. The average Bonchev–Trinajstić information content (AvgIpc) is 2.67. The lowest BCUT2D eigenvalue weighted by Crippen LogP contribution is -2.15. The molecule has 0 aliphatic rings. The second-order valence-electron chi connectivity index (χ2n) is 5.56. The van der Waals surface area contributed by atoms with Gasteiger partial charge in [0.05, 0.1) is 17.9 Å². The van der Waals surface area contributed by atoms with Gasteiger partial charge in [-0.05, 0) is 55.5 Å². The number of ether oxygens (including phenoxy) is 2. The van der Waals surface area contributed by atoms with E-state index >= 15 is 0 Å².